The predicted octanol–water partition coefficient (Wildman–Crippen LogP) is 3.58. The van der Waals surface area contributed by atoms with E-state index in [0.717, 1.165) is 23.4 Å². The number of aliphatic hydroxyl groups is 1. The highest BCUT2D eigenvalue weighted by atomic mass is 16.5. The Morgan fingerprint density at radius 2 is 1.47 bits per heavy atom. The highest BCUT2D eigenvalue weighted by Crippen LogP contribution is 2.24. The van der Waals surface area contributed by atoms with Gasteiger partial charge >= 0.3 is 5.97 Å². The molecule has 0 aliphatic carbocycles. The molecule has 0 aromatic heterocycles. The first-order valence-electron chi connectivity index (χ1n) is 11.7. The van der Waals surface area contributed by atoms with Gasteiger partial charge in [-0.2, -0.15) is 0 Å². The Kier molecular flexibility index (Phi) is 11.5. The van der Waals surface area contributed by atoms with Crippen molar-refractivity contribution in [2.75, 3.05) is 57.0 Å². The van der Waals surface area contributed by atoms with Gasteiger partial charge in [-0.1, -0.05) is 50.4 Å². The number of aliphatic carboxylic acids is 1. The fourth-order valence-electron chi connectivity index (χ4n) is 3.75. The van der Waals surface area contributed by atoms with Crippen LogP contribution in [0.2, 0.25) is 0 Å². The maximum atomic E-state index is 12.7. The Morgan fingerprint density at radius 3 is 2.08 bits per heavy atom. The molecule has 9 nitrogen and oxygen atoms in total. The molecule has 2 aromatic rings. The highest BCUT2D eigenvalue weighted by molar-refractivity contribution is 5.93. The summed E-state index contributed by atoms with van der Waals surface area (Å²) in [6.07, 6.45) is 0.766. The van der Waals surface area contributed by atoms with Crippen molar-refractivity contribution in [2.24, 2.45) is 0 Å². The molecule has 2 rings (SSSR count). The van der Waals surface area contributed by atoms with Crippen molar-refractivity contribution in [1.82, 2.24) is 9.80 Å². The molecule has 0 radical (unpaired) electrons. The Bertz CT molecular complexity index is 972. The third-order valence-corrected chi connectivity index (χ3v) is 5.37. The van der Waals surface area contributed by atoms with E-state index in [1.54, 1.807) is 12.0 Å². The summed E-state index contributed by atoms with van der Waals surface area (Å²) in [6, 6.07) is 15.0. The van der Waals surface area contributed by atoms with Crippen LogP contribution >= 0.6 is 0 Å². The van der Waals surface area contributed by atoms with Gasteiger partial charge in [-0.05, 0) is 30.2 Å². The summed E-state index contributed by atoms with van der Waals surface area (Å²) in [6.45, 7) is 10.4. The Hall–Kier alpha value is -3.82. The molecule has 1 amide bonds. The van der Waals surface area contributed by atoms with Crippen LogP contribution in [0.3, 0.4) is 0 Å². The molecule has 0 fully saturated rings. The largest absolute Gasteiger partial charge is 0.512 e. The van der Waals surface area contributed by atoms with Crippen molar-refractivity contribution < 1.29 is 24.5 Å². The smallest absolute Gasteiger partial charge is 0.317 e. The molecule has 0 aliphatic heterocycles. The van der Waals surface area contributed by atoms with Crippen LogP contribution in [-0.4, -0.2) is 78.3 Å². The van der Waals surface area contributed by atoms with Gasteiger partial charge in [-0.15, -0.1) is 0 Å². The van der Waals surface area contributed by atoms with Crippen molar-refractivity contribution in [1.29, 1.82) is 0 Å². The first-order valence-corrected chi connectivity index (χ1v) is 11.7. The Morgan fingerprint density at radius 1 is 0.861 bits per heavy atom. The van der Waals surface area contributed by atoms with Crippen LogP contribution in [-0.2, 0) is 16.0 Å². The number of carboxylic acid groups (broad SMARTS) is 1. The molecule has 36 heavy (non-hydrogen) atoms. The maximum Gasteiger partial charge on any atom is 0.317 e. The number of para-hydroxylation sites is 3. The Labute approximate surface area is 212 Å². The van der Waals surface area contributed by atoms with Gasteiger partial charge in [-0.3, -0.25) is 19.4 Å². The van der Waals surface area contributed by atoms with Crippen LogP contribution in [0, 0.1) is 0 Å². The number of anilines is 2. The molecule has 0 aliphatic rings. The first-order chi connectivity index (χ1) is 17.2. The monoisotopic (exact) mass is 496 g/mol. The number of ether oxygens (including phenoxy) is 1. The van der Waals surface area contributed by atoms with E-state index in [2.05, 4.69) is 23.8 Å². The normalized spacial score (nSPS) is 10.8. The summed E-state index contributed by atoms with van der Waals surface area (Å²) in [7, 11) is 1.58. The minimum Gasteiger partial charge on any atom is -0.512 e. The van der Waals surface area contributed by atoms with Crippen molar-refractivity contribution in [2.45, 2.75) is 13.3 Å². The van der Waals surface area contributed by atoms with E-state index >= 15 is 0 Å². The number of carbonyl (C=O) groups is 2. The number of aryl methyl sites for hydroxylation is 1. The standard InChI is InChI=1S/C27H36N4O5/c1-5-22-10-6-7-11-23(22)29-26(33)18-31(19-27(34)35)15-14-30(17-21(3)32)16-20(2)28-24-12-8-9-13-25(24)36-4/h6-13,28,32H,2-3,5,14-19H2,1,4H3,(H,29,33)(H,34,35). The molecule has 0 atom stereocenters. The number of nitrogens with zero attached hydrogens (tertiary/aromatic N) is 2. The lowest BCUT2D eigenvalue weighted by Gasteiger charge is -2.27. The Balaban J connectivity index is 2.01. The molecule has 2 aromatic carbocycles. The zero-order chi connectivity index (χ0) is 26.5. The molecule has 0 saturated heterocycles. The fraction of sp³-hybridized carbons (Fsp3) is 0.333. The van der Waals surface area contributed by atoms with Crippen LogP contribution in [0.4, 0.5) is 11.4 Å². The molecule has 0 spiro atoms. The number of benzene rings is 2. The average molecular weight is 497 g/mol. The quantitative estimate of drug-likeness (QED) is 0.261. The molecular formula is C27H36N4O5. The van der Waals surface area contributed by atoms with Gasteiger partial charge in [0, 0.05) is 31.0 Å². The number of nitrogens with one attached hydrogen (secondary N) is 2. The van der Waals surface area contributed by atoms with E-state index in [4.69, 9.17) is 4.74 Å². The van der Waals surface area contributed by atoms with E-state index in [-0.39, 0.29) is 37.8 Å². The number of carbonyl (C=O) groups excluding carboxylic acids is 1. The van der Waals surface area contributed by atoms with E-state index in [0.29, 0.717) is 24.5 Å². The summed E-state index contributed by atoms with van der Waals surface area (Å²) >= 11 is 0. The molecule has 4 N–H and O–H groups in total. The summed E-state index contributed by atoms with van der Waals surface area (Å²) in [4.78, 5) is 27.5. The third kappa shape index (κ3) is 9.81. The summed E-state index contributed by atoms with van der Waals surface area (Å²) in [5.41, 5.74) is 3.13. The van der Waals surface area contributed by atoms with Crippen molar-refractivity contribution in [3.8, 4) is 5.75 Å². The molecule has 194 valence electrons. The SMILES string of the molecule is C=C(O)CN(CCN(CC(=O)O)CC(=O)Nc1ccccc1CC)CC(=C)Nc1ccccc1OC. The number of rotatable bonds is 16. The van der Waals surface area contributed by atoms with Gasteiger partial charge in [0.15, 0.2) is 0 Å². The van der Waals surface area contributed by atoms with E-state index in [1.165, 1.54) is 0 Å². The topological polar surface area (TPSA) is 114 Å². The zero-order valence-corrected chi connectivity index (χ0v) is 21.0. The van der Waals surface area contributed by atoms with E-state index in [1.807, 2.05) is 60.4 Å². The van der Waals surface area contributed by atoms with Crippen LogP contribution in [0.25, 0.3) is 0 Å². The second-order valence-corrected chi connectivity index (χ2v) is 8.37. The van der Waals surface area contributed by atoms with Gasteiger partial charge < -0.3 is 25.6 Å². The van der Waals surface area contributed by atoms with E-state index < -0.39 is 5.97 Å². The lowest BCUT2D eigenvalue weighted by molar-refractivity contribution is -0.138. The molecule has 0 unspecified atom stereocenters. The summed E-state index contributed by atoms with van der Waals surface area (Å²) < 4.78 is 5.35. The van der Waals surface area contributed by atoms with E-state index in [9.17, 15) is 19.8 Å². The number of aliphatic hydroxyl groups excluding tert-OH is 1. The van der Waals surface area contributed by atoms with Gasteiger partial charge in [-0.25, -0.2) is 0 Å². The van der Waals surface area contributed by atoms with Gasteiger partial charge in [0.1, 0.15) is 5.75 Å². The number of amides is 1. The maximum absolute atomic E-state index is 12.7. The summed E-state index contributed by atoms with van der Waals surface area (Å²) in [5.74, 6) is -0.687. The van der Waals surface area contributed by atoms with Crippen molar-refractivity contribution >= 4 is 23.3 Å². The van der Waals surface area contributed by atoms with Crippen LogP contribution in [0.5, 0.6) is 5.75 Å². The van der Waals surface area contributed by atoms with Gasteiger partial charge in [0.05, 0.1) is 38.2 Å². The number of methoxy groups -OCH3 is 1. The number of hydrogen-bond donors (Lipinski definition) is 4. The molecule has 0 heterocycles. The number of hydrogen-bond acceptors (Lipinski definition) is 7. The van der Waals surface area contributed by atoms with Crippen LogP contribution in [0.15, 0.2) is 73.1 Å². The summed E-state index contributed by atoms with van der Waals surface area (Å²) in [5, 5.41) is 25.2. The minimum atomic E-state index is -1.03. The lowest BCUT2D eigenvalue weighted by atomic mass is 10.1. The van der Waals surface area contributed by atoms with Crippen LogP contribution in [0.1, 0.15) is 12.5 Å². The average Bonchev–Trinajstić information content (AvgIpc) is 2.82. The number of carboxylic acids is 1. The minimum absolute atomic E-state index is 0.0289. The molecule has 0 bridgehead atoms. The second kappa shape index (κ2) is 14.6. The predicted molar refractivity (Wildman–Crippen MR) is 142 cm³/mol. The molecule has 0 saturated carbocycles. The first kappa shape index (κ1) is 28.4. The molecule has 9 heteroatoms. The second-order valence-electron chi connectivity index (χ2n) is 8.37. The van der Waals surface area contributed by atoms with Crippen molar-refractivity contribution in [3.05, 3.63) is 78.7 Å². The van der Waals surface area contributed by atoms with Crippen LogP contribution < -0.4 is 15.4 Å². The molecular weight excluding hydrogens is 460 g/mol. The lowest BCUT2D eigenvalue weighted by Crippen LogP contribution is -2.42. The highest BCUT2D eigenvalue weighted by Gasteiger charge is 2.18. The third-order valence-electron chi connectivity index (χ3n) is 5.37. The van der Waals surface area contributed by atoms with Gasteiger partial charge in [0.25, 0.3) is 0 Å². The fourth-order valence-corrected chi connectivity index (χ4v) is 3.75. The zero-order valence-electron chi connectivity index (χ0n) is 21.0. The van der Waals surface area contributed by atoms with Crippen molar-refractivity contribution in [3.63, 3.8) is 0 Å². The van der Waals surface area contributed by atoms with Gasteiger partial charge in [0.2, 0.25) is 5.91 Å².